The minimum absolute atomic E-state index is 0.150. The Morgan fingerprint density at radius 3 is 2.69 bits per heavy atom. The van der Waals surface area contributed by atoms with Gasteiger partial charge in [-0.1, -0.05) is 6.07 Å². The van der Waals surface area contributed by atoms with Gasteiger partial charge in [-0.3, -0.25) is 4.85 Å². The molecule has 13 heavy (non-hydrogen) atoms. The van der Waals surface area contributed by atoms with Gasteiger partial charge in [0.25, 0.3) is 9.84 Å². The minimum atomic E-state index is -3.63. The zero-order valence-electron chi connectivity index (χ0n) is 6.57. The smallest absolute Gasteiger partial charge is 0.299 e. The van der Waals surface area contributed by atoms with Crippen molar-refractivity contribution < 1.29 is 12.8 Å². The van der Waals surface area contributed by atoms with Crippen LogP contribution in [0, 0.1) is 12.4 Å². The molecule has 1 aromatic carbocycles. The number of halogens is 1. The Labute approximate surface area is 75.6 Å². The molecule has 1 aromatic rings. The van der Waals surface area contributed by atoms with E-state index in [9.17, 15) is 12.8 Å². The summed E-state index contributed by atoms with van der Waals surface area (Å²) in [5, 5.41) is 0. The minimum Gasteiger partial charge on any atom is -0.299 e. The maximum absolute atomic E-state index is 12.6. The van der Waals surface area contributed by atoms with E-state index in [1.54, 1.807) is 0 Å². The summed E-state index contributed by atoms with van der Waals surface area (Å²) in [5.74, 6) is -1.26. The number of hydrogen-bond donors (Lipinski definition) is 0. The molecule has 1 rings (SSSR count). The number of benzene rings is 1. The Morgan fingerprint density at radius 1 is 1.46 bits per heavy atom. The molecule has 0 heterocycles. The number of hydrogen-bond acceptors (Lipinski definition) is 2. The summed E-state index contributed by atoms with van der Waals surface area (Å²) >= 11 is 0. The molecular weight excluding hydrogens is 193 g/mol. The summed E-state index contributed by atoms with van der Waals surface area (Å²) in [6.07, 6.45) is 0. The third-order valence-corrected chi connectivity index (χ3v) is 2.83. The van der Waals surface area contributed by atoms with Gasteiger partial charge in [-0.05, 0) is 18.2 Å². The fourth-order valence-electron chi connectivity index (χ4n) is 0.820. The van der Waals surface area contributed by atoms with E-state index in [0.29, 0.717) is 0 Å². The molecule has 5 heteroatoms. The average molecular weight is 199 g/mol. The number of rotatable bonds is 2. The molecule has 0 unspecified atom stereocenters. The first-order chi connectivity index (χ1) is 6.06. The third kappa shape index (κ3) is 2.26. The highest BCUT2D eigenvalue weighted by Gasteiger charge is 2.17. The molecule has 0 aliphatic rings. The van der Waals surface area contributed by atoms with Crippen LogP contribution in [-0.2, 0) is 9.84 Å². The summed E-state index contributed by atoms with van der Waals surface area (Å²) in [5.41, 5.74) is 0. The Hall–Kier alpha value is -1.41. The molecule has 0 bridgehead atoms. The van der Waals surface area contributed by atoms with Crippen LogP contribution in [0.5, 0.6) is 0 Å². The number of sulfone groups is 1. The zero-order valence-corrected chi connectivity index (χ0v) is 7.38. The van der Waals surface area contributed by atoms with Crippen LogP contribution >= 0.6 is 0 Å². The lowest BCUT2D eigenvalue weighted by Crippen LogP contribution is -2.03. The fourth-order valence-corrected chi connectivity index (χ4v) is 1.72. The second kappa shape index (κ2) is 3.54. The van der Waals surface area contributed by atoms with Crippen molar-refractivity contribution in [1.29, 1.82) is 0 Å². The van der Waals surface area contributed by atoms with Gasteiger partial charge < -0.3 is 0 Å². The molecule has 0 aliphatic carbocycles. The largest absolute Gasteiger partial charge is 0.316 e. The summed E-state index contributed by atoms with van der Waals surface area (Å²) < 4.78 is 35.0. The molecule has 0 amide bonds. The van der Waals surface area contributed by atoms with Crippen LogP contribution in [0.3, 0.4) is 0 Å². The van der Waals surface area contributed by atoms with Crippen molar-refractivity contribution in [3.63, 3.8) is 0 Å². The van der Waals surface area contributed by atoms with Crippen LogP contribution in [-0.4, -0.2) is 14.3 Å². The standard InChI is InChI=1S/C8H6FNO2S/c1-10-6-13(11,12)8-4-2-3-7(9)5-8/h2-5H,6H2. The second-order valence-electron chi connectivity index (χ2n) is 2.36. The maximum Gasteiger partial charge on any atom is 0.316 e. The molecule has 0 spiro atoms. The second-order valence-corrected chi connectivity index (χ2v) is 4.32. The van der Waals surface area contributed by atoms with Crippen molar-refractivity contribution in [2.45, 2.75) is 4.90 Å². The van der Waals surface area contributed by atoms with Crippen molar-refractivity contribution in [1.82, 2.24) is 0 Å². The van der Waals surface area contributed by atoms with Crippen LogP contribution < -0.4 is 0 Å². The predicted molar refractivity (Wildman–Crippen MR) is 45.1 cm³/mol. The highest BCUT2D eigenvalue weighted by molar-refractivity contribution is 7.91. The molecule has 0 aliphatic heterocycles. The third-order valence-electron chi connectivity index (χ3n) is 1.39. The van der Waals surface area contributed by atoms with Crippen LogP contribution in [0.1, 0.15) is 0 Å². The lowest BCUT2D eigenvalue weighted by Gasteiger charge is -1.96. The van der Waals surface area contributed by atoms with Crippen LogP contribution in [0.4, 0.5) is 4.39 Å². The molecule has 0 radical (unpaired) electrons. The van der Waals surface area contributed by atoms with Gasteiger partial charge in [-0.15, -0.1) is 0 Å². The normalized spacial score (nSPS) is 10.8. The highest BCUT2D eigenvalue weighted by Crippen LogP contribution is 2.12. The molecule has 0 saturated carbocycles. The van der Waals surface area contributed by atoms with E-state index >= 15 is 0 Å². The molecule has 0 fully saturated rings. The van der Waals surface area contributed by atoms with Crippen molar-refractivity contribution in [2.75, 3.05) is 5.88 Å². The van der Waals surface area contributed by atoms with Gasteiger partial charge >= 0.3 is 5.88 Å². The Bertz CT molecular complexity index is 447. The molecule has 68 valence electrons. The van der Waals surface area contributed by atoms with Crippen LogP contribution in [0.2, 0.25) is 0 Å². The van der Waals surface area contributed by atoms with Crippen molar-refractivity contribution in [3.05, 3.63) is 41.5 Å². The van der Waals surface area contributed by atoms with E-state index in [1.165, 1.54) is 12.1 Å². The lowest BCUT2D eigenvalue weighted by molar-refractivity contribution is 0.593. The number of nitrogens with zero attached hydrogens (tertiary/aromatic N) is 1. The van der Waals surface area contributed by atoms with E-state index in [-0.39, 0.29) is 4.90 Å². The topological polar surface area (TPSA) is 38.5 Å². The van der Waals surface area contributed by atoms with Gasteiger partial charge in [0.1, 0.15) is 5.82 Å². The van der Waals surface area contributed by atoms with E-state index < -0.39 is 21.5 Å². The zero-order chi connectivity index (χ0) is 9.90. The summed E-state index contributed by atoms with van der Waals surface area (Å²) in [6.45, 7) is 6.41. The van der Waals surface area contributed by atoms with Crippen LogP contribution in [0.15, 0.2) is 29.2 Å². The van der Waals surface area contributed by atoms with Gasteiger partial charge in [0.05, 0.1) is 4.90 Å². The van der Waals surface area contributed by atoms with Crippen LogP contribution in [0.25, 0.3) is 4.85 Å². The molecular formula is C8H6FNO2S. The highest BCUT2D eigenvalue weighted by atomic mass is 32.2. The van der Waals surface area contributed by atoms with Crippen molar-refractivity contribution in [2.24, 2.45) is 0 Å². The molecule has 0 aromatic heterocycles. The molecule has 3 nitrogen and oxygen atoms in total. The van der Waals surface area contributed by atoms with Gasteiger partial charge in [0.15, 0.2) is 0 Å². The Balaban J connectivity index is 3.17. The van der Waals surface area contributed by atoms with Crippen molar-refractivity contribution in [3.8, 4) is 0 Å². The van der Waals surface area contributed by atoms with E-state index in [0.717, 1.165) is 12.1 Å². The monoisotopic (exact) mass is 199 g/mol. The summed E-state index contributed by atoms with van der Waals surface area (Å²) in [4.78, 5) is 2.60. The first-order valence-electron chi connectivity index (χ1n) is 3.38. The van der Waals surface area contributed by atoms with Gasteiger partial charge in [-0.25, -0.2) is 19.4 Å². The average Bonchev–Trinajstić information content (AvgIpc) is 2.04. The first kappa shape index (κ1) is 9.68. The van der Waals surface area contributed by atoms with Gasteiger partial charge in [0, 0.05) is 0 Å². The predicted octanol–water partition coefficient (Wildman–Crippen LogP) is 1.48. The van der Waals surface area contributed by atoms with E-state index in [2.05, 4.69) is 4.85 Å². The first-order valence-corrected chi connectivity index (χ1v) is 5.03. The fraction of sp³-hybridized carbons (Fsp3) is 0.125. The lowest BCUT2D eigenvalue weighted by atomic mass is 10.4. The summed E-state index contributed by atoms with van der Waals surface area (Å²) in [6, 6.07) is 4.62. The van der Waals surface area contributed by atoms with Gasteiger partial charge in [-0.2, -0.15) is 0 Å². The van der Waals surface area contributed by atoms with E-state index in [1.807, 2.05) is 0 Å². The summed E-state index contributed by atoms with van der Waals surface area (Å²) in [7, 11) is -3.63. The molecule has 0 N–H and O–H groups in total. The molecule has 0 atom stereocenters. The quantitative estimate of drug-likeness (QED) is 0.676. The molecule has 0 saturated heterocycles. The van der Waals surface area contributed by atoms with Gasteiger partial charge in [0.2, 0.25) is 0 Å². The SMILES string of the molecule is [C-]#[N+]CS(=O)(=O)c1cccc(F)c1. The Kier molecular flexibility index (Phi) is 2.63. The van der Waals surface area contributed by atoms with E-state index in [4.69, 9.17) is 6.57 Å². The van der Waals surface area contributed by atoms with Crippen molar-refractivity contribution >= 4 is 9.84 Å². The maximum atomic E-state index is 12.6. The Morgan fingerprint density at radius 2 is 2.15 bits per heavy atom.